The van der Waals surface area contributed by atoms with Crippen molar-refractivity contribution in [3.05, 3.63) is 29.8 Å². The Morgan fingerprint density at radius 1 is 1.18 bits per heavy atom. The summed E-state index contributed by atoms with van der Waals surface area (Å²) >= 11 is 0. The molecule has 0 atom stereocenters. The van der Waals surface area contributed by atoms with Crippen LogP contribution >= 0.6 is 0 Å². The van der Waals surface area contributed by atoms with Crippen molar-refractivity contribution < 1.29 is 9.59 Å². The van der Waals surface area contributed by atoms with Gasteiger partial charge in [0.25, 0.3) is 0 Å². The van der Waals surface area contributed by atoms with E-state index in [0.29, 0.717) is 17.8 Å². The lowest BCUT2D eigenvalue weighted by Crippen LogP contribution is -2.47. The number of nitriles is 1. The molecular formula is C15H19N5O2. The van der Waals surface area contributed by atoms with Crippen molar-refractivity contribution in [3.63, 3.8) is 0 Å². The normalized spacial score (nSPS) is 14.9. The SMILES string of the molecule is N#Cc1ccc(NC(=O)C(=O)NCCN2CCNCC2)cc1. The number of nitrogens with one attached hydrogen (secondary N) is 3. The van der Waals surface area contributed by atoms with E-state index >= 15 is 0 Å². The van der Waals surface area contributed by atoms with Crippen molar-refractivity contribution in [1.82, 2.24) is 15.5 Å². The van der Waals surface area contributed by atoms with Gasteiger partial charge in [-0.15, -0.1) is 0 Å². The molecule has 0 spiro atoms. The Morgan fingerprint density at radius 3 is 2.50 bits per heavy atom. The van der Waals surface area contributed by atoms with Crippen LogP contribution in [0.4, 0.5) is 5.69 Å². The van der Waals surface area contributed by atoms with Crippen LogP contribution in [0.5, 0.6) is 0 Å². The number of amides is 2. The Kier molecular flexibility index (Phi) is 5.89. The van der Waals surface area contributed by atoms with Crippen LogP contribution in [0.25, 0.3) is 0 Å². The number of hydrogen-bond donors (Lipinski definition) is 3. The minimum atomic E-state index is -0.704. The maximum Gasteiger partial charge on any atom is 0.313 e. The molecule has 1 aliphatic heterocycles. The summed E-state index contributed by atoms with van der Waals surface area (Å²) in [5.74, 6) is -1.36. The lowest BCUT2D eigenvalue weighted by molar-refractivity contribution is -0.136. The van der Waals surface area contributed by atoms with Gasteiger partial charge in [-0.2, -0.15) is 5.26 Å². The molecule has 22 heavy (non-hydrogen) atoms. The molecule has 7 nitrogen and oxygen atoms in total. The monoisotopic (exact) mass is 301 g/mol. The van der Waals surface area contributed by atoms with E-state index in [4.69, 9.17) is 5.26 Å². The van der Waals surface area contributed by atoms with E-state index in [1.165, 1.54) is 0 Å². The van der Waals surface area contributed by atoms with E-state index in [1.807, 2.05) is 6.07 Å². The Labute approximate surface area is 129 Å². The van der Waals surface area contributed by atoms with Gasteiger partial charge >= 0.3 is 11.8 Å². The molecule has 0 unspecified atom stereocenters. The van der Waals surface area contributed by atoms with Gasteiger partial charge in [0, 0.05) is 45.0 Å². The van der Waals surface area contributed by atoms with Gasteiger partial charge in [-0.05, 0) is 24.3 Å². The zero-order valence-corrected chi connectivity index (χ0v) is 12.3. The van der Waals surface area contributed by atoms with Gasteiger partial charge in [0.1, 0.15) is 0 Å². The van der Waals surface area contributed by atoms with Crippen molar-refractivity contribution in [2.45, 2.75) is 0 Å². The predicted octanol–water partition coefficient (Wildman–Crippen LogP) is -0.482. The van der Waals surface area contributed by atoms with Gasteiger partial charge in [-0.25, -0.2) is 0 Å². The highest BCUT2D eigenvalue weighted by Gasteiger charge is 2.14. The molecule has 1 heterocycles. The van der Waals surface area contributed by atoms with Crippen LogP contribution in [-0.4, -0.2) is 56.0 Å². The number of benzene rings is 1. The Hall–Kier alpha value is -2.43. The van der Waals surface area contributed by atoms with Crippen LogP contribution in [0.2, 0.25) is 0 Å². The summed E-state index contributed by atoms with van der Waals surface area (Å²) in [6, 6.07) is 8.33. The van der Waals surface area contributed by atoms with E-state index < -0.39 is 11.8 Å². The number of hydrogen-bond acceptors (Lipinski definition) is 5. The van der Waals surface area contributed by atoms with Gasteiger partial charge in [0.05, 0.1) is 11.6 Å². The predicted molar refractivity (Wildman–Crippen MR) is 82.1 cm³/mol. The smallest absolute Gasteiger partial charge is 0.313 e. The number of piperazine rings is 1. The fourth-order valence-electron chi connectivity index (χ4n) is 2.16. The number of anilines is 1. The largest absolute Gasteiger partial charge is 0.347 e. The molecule has 1 aromatic rings. The van der Waals surface area contributed by atoms with E-state index in [1.54, 1.807) is 24.3 Å². The Balaban J connectivity index is 1.72. The number of carbonyl (C=O) groups is 2. The second-order valence-corrected chi connectivity index (χ2v) is 4.99. The molecule has 2 amide bonds. The summed E-state index contributed by atoms with van der Waals surface area (Å²) in [4.78, 5) is 25.7. The van der Waals surface area contributed by atoms with Crippen molar-refractivity contribution in [2.75, 3.05) is 44.6 Å². The van der Waals surface area contributed by atoms with Crippen LogP contribution in [0.1, 0.15) is 5.56 Å². The molecule has 1 aliphatic rings. The van der Waals surface area contributed by atoms with Crippen molar-refractivity contribution in [3.8, 4) is 6.07 Å². The van der Waals surface area contributed by atoms with Gasteiger partial charge in [-0.3, -0.25) is 14.5 Å². The third-order valence-corrected chi connectivity index (χ3v) is 3.40. The molecule has 0 bridgehead atoms. The lowest BCUT2D eigenvalue weighted by Gasteiger charge is -2.26. The molecule has 0 saturated carbocycles. The molecule has 2 rings (SSSR count). The summed E-state index contributed by atoms with van der Waals surface area (Å²) in [5.41, 5.74) is 0.986. The molecule has 1 saturated heterocycles. The average molecular weight is 301 g/mol. The van der Waals surface area contributed by atoms with Crippen LogP contribution in [0, 0.1) is 11.3 Å². The van der Waals surface area contributed by atoms with E-state index in [-0.39, 0.29) is 0 Å². The van der Waals surface area contributed by atoms with Crippen molar-refractivity contribution in [2.24, 2.45) is 0 Å². The first kappa shape index (κ1) is 15.9. The Morgan fingerprint density at radius 2 is 1.86 bits per heavy atom. The van der Waals surface area contributed by atoms with Crippen LogP contribution < -0.4 is 16.0 Å². The van der Waals surface area contributed by atoms with Gasteiger partial charge in [-0.1, -0.05) is 0 Å². The second-order valence-electron chi connectivity index (χ2n) is 4.99. The molecule has 3 N–H and O–H groups in total. The molecular weight excluding hydrogens is 282 g/mol. The van der Waals surface area contributed by atoms with Gasteiger partial charge in [0.15, 0.2) is 0 Å². The molecule has 0 radical (unpaired) electrons. The first-order valence-electron chi connectivity index (χ1n) is 7.21. The Bertz CT molecular complexity index is 558. The molecule has 0 aliphatic carbocycles. The summed E-state index contributed by atoms with van der Waals surface area (Å²) in [7, 11) is 0. The zero-order valence-electron chi connectivity index (χ0n) is 12.3. The van der Waals surface area contributed by atoms with Crippen molar-refractivity contribution in [1.29, 1.82) is 5.26 Å². The van der Waals surface area contributed by atoms with E-state index in [2.05, 4.69) is 20.9 Å². The minimum Gasteiger partial charge on any atom is -0.347 e. The average Bonchev–Trinajstić information content (AvgIpc) is 2.56. The third kappa shape index (κ3) is 4.84. The molecule has 0 aromatic heterocycles. The van der Waals surface area contributed by atoms with Crippen molar-refractivity contribution >= 4 is 17.5 Å². The molecule has 1 fully saturated rings. The third-order valence-electron chi connectivity index (χ3n) is 3.40. The van der Waals surface area contributed by atoms with Crippen LogP contribution in [-0.2, 0) is 9.59 Å². The number of carbonyl (C=O) groups excluding carboxylic acids is 2. The lowest BCUT2D eigenvalue weighted by atomic mass is 10.2. The van der Waals surface area contributed by atoms with E-state index in [9.17, 15) is 9.59 Å². The number of rotatable bonds is 4. The maximum atomic E-state index is 11.7. The van der Waals surface area contributed by atoms with Gasteiger partial charge < -0.3 is 16.0 Å². The quantitative estimate of drug-likeness (QED) is 0.653. The highest BCUT2D eigenvalue weighted by molar-refractivity contribution is 6.39. The topological polar surface area (TPSA) is 97.3 Å². The molecule has 1 aromatic carbocycles. The summed E-state index contributed by atoms with van der Waals surface area (Å²) in [6.07, 6.45) is 0. The highest BCUT2D eigenvalue weighted by atomic mass is 16.2. The fourth-order valence-corrected chi connectivity index (χ4v) is 2.16. The summed E-state index contributed by atoms with van der Waals surface area (Å²) < 4.78 is 0. The minimum absolute atomic E-state index is 0.444. The molecule has 7 heteroatoms. The first-order valence-corrected chi connectivity index (χ1v) is 7.21. The summed E-state index contributed by atoms with van der Waals surface area (Å²) in [5, 5.41) is 17.1. The molecule has 116 valence electrons. The fraction of sp³-hybridized carbons (Fsp3) is 0.400. The zero-order chi connectivity index (χ0) is 15.8. The highest BCUT2D eigenvalue weighted by Crippen LogP contribution is 2.08. The first-order chi connectivity index (χ1) is 10.7. The summed E-state index contributed by atoms with van der Waals surface area (Å²) in [6.45, 7) is 4.98. The number of nitrogens with zero attached hydrogens (tertiary/aromatic N) is 2. The van der Waals surface area contributed by atoms with E-state index in [0.717, 1.165) is 32.7 Å². The second kappa shape index (κ2) is 8.12. The van der Waals surface area contributed by atoms with Crippen LogP contribution in [0.3, 0.4) is 0 Å². The standard InChI is InChI=1S/C15H19N5O2/c16-11-12-1-3-13(4-2-12)19-15(22)14(21)18-7-10-20-8-5-17-6-9-20/h1-4,17H,5-10H2,(H,18,21)(H,19,22). The van der Waals surface area contributed by atoms with Gasteiger partial charge in [0.2, 0.25) is 0 Å². The van der Waals surface area contributed by atoms with Crippen LogP contribution in [0.15, 0.2) is 24.3 Å². The maximum absolute atomic E-state index is 11.7.